The van der Waals surface area contributed by atoms with Crippen molar-refractivity contribution in [2.45, 2.75) is 13.8 Å². The number of aryl methyl sites for hydroxylation is 1. The summed E-state index contributed by atoms with van der Waals surface area (Å²) in [6.45, 7) is 7.30. The van der Waals surface area contributed by atoms with Gasteiger partial charge in [-0.05, 0) is 49.2 Å². The molecule has 0 saturated carbocycles. The van der Waals surface area contributed by atoms with Gasteiger partial charge in [0.1, 0.15) is 5.75 Å². The highest BCUT2D eigenvalue weighted by Crippen LogP contribution is 2.22. The SMILES string of the molecule is C=CCNC(=O)C(=O)N/N=C\c1cc(Br)ccc1OCC(=O)Nc1cccc(C)c1C. The standard InChI is InChI=1S/C22H23BrN4O4/c1-4-10-24-21(29)22(30)27-25-12-16-11-17(23)8-9-19(16)31-13-20(28)26-18-7-5-6-14(2)15(18)3/h4-9,11-12H,1,10,13H2,2-3H3,(H,24,29)(H,26,28)(H,27,30)/b25-12-. The third kappa shape index (κ3) is 7.38. The number of rotatable bonds is 8. The van der Waals surface area contributed by atoms with Gasteiger partial charge in [-0.3, -0.25) is 14.4 Å². The number of nitrogens with one attached hydrogen (secondary N) is 3. The Morgan fingerprint density at radius 1 is 1.16 bits per heavy atom. The number of hydrogen-bond acceptors (Lipinski definition) is 5. The van der Waals surface area contributed by atoms with Crippen molar-refractivity contribution < 1.29 is 19.1 Å². The van der Waals surface area contributed by atoms with E-state index in [-0.39, 0.29) is 19.1 Å². The quantitative estimate of drug-likeness (QED) is 0.230. The van der Waals surface area contributed by atoms with Crippen molar-refractivity contribution in [2.75, 3.05) is 18.5 Å². The van der Waals surface area contributed by atoms with Crippen molar-refractivity contribution in [1.29, 1.82) is 0 Å². The van der Waals surface area contributed by atoms with Crippen LogP contribution in [0.2, 0.25) is 0 Å². The van der Waals surface area contributed by atoms with Gasteiger partial charge in [0.15, 0.2) is 6.61 Å². The summed E-state index contributed by atoms with van der Waals surface area (Å²) >= 11 is 3.35. The molecule has 8 nitrogen and oxygen atoms in total. The van der Waals surface area contributed by atoms with E-state index in [1.807, 2.05) is 32.0 Å². The summed E-state index contributed by atoms with van der Waals surface area (Å²) in [5.74, 6) is -1.67. The summed E-state index contributed by atoms with van der Waals surface area (Å²) in [5.41, 5.74) is 5.42. The van der Waals surface area contributed by atoms with Gasteiger partial charge >= 0.3 is 11.8 Å². The number of ether oxygens (including phenoxy) is 1. The Kier molecular flexibility index (Phi) is 8.95. The molecule has 31 heavy (non-hydrogen) atoms. The third-order valence-corrected chi connectivity index (χ3v) is 4.69. The fourth-order valence-electron chi connectivity index (χ4n) is 2.42. The first-order valence-electron chi connectivity index (χ1n) is 9.32. The molecule has 0 aromatic heterocycles. The maximum atomic E-state index is 12.3. The molecule has 2 aromatic carbocycles. The van der Waals surface area contributed by atoms with Crippen LogP contribution in [0.25, 0.3) is 0 Å². The Morgan fingerprint density at radius 2 is 1.94 bits per heavy atom. The first-order valence-corrected chi connectivity index (χ1v) is 10.1. The highest BCUT2D eigenvalue weighted by atomic mass is 79.9. The second kappa shape index (κ2) is 11.7. The van der Waals surface area contributed by atoms with Crippen molar-refractivity contribution in [1.82, 2.24) is 10.7 Å². The van der Waals surface area contributed by atoms with Gasteiger partial charge in [-0.2, -0.15) is 5.10 Å². The van der Waals surface area contributed by atoms with Crippen LogP contribution in [0.1, 0.15) is 16.7 Å². The summed E-state index contributed by atoms with van der Waals surface area (Å²) in [5, 5.41) is 8.94. The van der Waals surface area contributed by atoms with Gasteiger partial charge in [-0.1, -0.05) is 34.1 Å². The maximum Gasteiger partial charge on any atom is 0.329 e. The summed E-state index contributed by atoms with van der Waals surface area (Å²) in [4.78, 5) is 35.5. The van der Waals surface area contributed by atoms with Crippen LogP contribution in [0.5, 0.6) is 5.75 Å². The molecule has 3 amide bonds. The maximum absolute atomic E-state index is 12.3. The molecule has 0 saturated heterocycles. The van der Waals surface area contributed by atoms with Crippen molar-refractivity contribution >= 4 is 45.6 Å². The number of halogens is 1. The topological polar surface area (TPSA) is 109 Å². The number of carbonyl (C=O) groups excluding carboxylic acids is 3. The first kappa shape index (κ1) is 23.8. The summed E-state index contributed by atoms with van der Waals surface area (Å²) < 4.78 is 6.37. The minimum Gasteiger partial charge on any atom is -0.483 e. The number of benzene rings is 2. The Balaban J connectivity index is 2.00. The lowest BCUT2D eigenvalue weighted by Crippen LogP contribution is -2.37. The average molecular weight is 487 g/mol. The van der Waals surface area contributed by atoms with E-state index in [9.17, 15) is 14.4 Å². The van der Waals surface area contributed by atoms with Gasteiger partial charge in [-0.25, -0.2) is 5.43 Å². The molecule has 0 unspecified atom stereocenters. The van der Waals surface area contributed by atoms with Crippen molar-refractivity contribution in [3.05, 3.63) is 70.2 Å². The minimum atomic E-state index is -0.913. The zero-order chi connectivity index (χ0) is 22.8. The van der Waals surface area contributed by atoms with Crippen LogP contribution >= 0.6 is 15.9 Å². The third-order valence-electron chi connectivity index (χ3n) is 4.19. The van der Waals surface area contributed by atoms with Gasteiger partial charge in [0.05, 0.1) is 6.21 Å². The van der Waals surface area contributed by atoms with E-state index in [1.165, 1.54) is 12.3 Å². The molecule has 0 aliphatic carbocycles. The molecular weight excluding hydrogens is 464 g/mol. The predicted molar refractivity (Wildman–Crippen MR) is 123 cm³/mol. The van der Waals surface area contributed by atoms with E-state index in [4.69, 9.17) is 4.74 Å². The van der Waals surface area contributed by atoms with Gasteiger partial charge in [0.25, 0.3) is 5.91 Å². The van der Waals surface area contributed by atoms with Crippen LogP contribution in [0.15, 0.2) is 58.6 Å². The van der Waals surface area contributed by atoms with Gasteiger partial charge < -0.3 is 15.4 Å². The Hall–Kier alpha value is -3.46. The lowest BCUT2D eigenvalue weighted by molar-refractivity contribution is -0.139. The monoisotopic (exact) mass is 486 g/mol. The van der Waals surface area contributed by atoms with E-state index in [0.717, 1.165) is 21.3 Å². The van der Waals surface area contributed by atoms with Crippen LogP contribution in [0.4, 0.5) is 5.69 Å². The number of amides is 3. The molecule has 2 aromatic rings. The second-order valence-corrected chi connectivity index (χ2v) is 7.38. The molecule has 0 atom stereocenters. The molecule has 0 radical (unpaired) electrons. The fraction of sp³-hybridized carbons (Fsp3) is 0.182. The summed E-state index contributed by atoms with van der Waals surface area (Å²) in [6.07, 6.45) is 2.78. The van der Waals surface area contributed by atoms with E-state index >= 15 is 0 Å². The molecule has 0 fully saturated rings. The molecule has 0 aliphatic rings. The summed E-state index contributed by atoms with van der Waals surface area (Å²) in [6, 6.07) is 10.8. The Labute approximate surface area is 188 Å². The van der Waals surface area contributed by atoms with Crippen molar-refractivity contribution in [3.8, 4) is 5.75 Å². The number of carbonyl (C=O) groups is 3. The lowest BCUT2D eigenvalue weighted by Gasteiger charge is -2.12. The zero-order valence-corrected chi connectivity index (χ0v) is 18.8. The van der Waals surface area contributed by atoms with Crippen LogP contribution in [-0.2, 0) is 14.4 Å². The molecule has 0 heterocycles. The predicted octanol–water partition coefficient (Wildman–Crippen LogP) is 2.84. The molecule has 0 bridgehead atoms. The Bertz CT molecular complexity index is 1020. The zero-order valence-electron chi connectivity index (χ0n) is 17.2. The highest BCUT2D eigenvalue weighted by Gasteiger charge is 2.12. The fourth-order valence-corrected chi connectivity index (χ4v) is 2.80. The molecular formula is C22H23BrN4O4. The van der Waals surface area contributed by atoms with Gasteiger partial charge in [0.2, 0.25) is 0 Å². The van der Waals surface area contributed by atoms with E-state index in [1.54, 1.807) is 18.2 Å². The first-order chi connectivity index (χ1) is 14.8. The van der Waals surface area contributed by atoms with Crippen LogP contribution in [0.3, 0.4) is 0 Å². The van der Waals surface area contributed by atoms with Gasteiger partial charge in [-0.15, -0.1) is 6.58 Å². The molecule has 2 rings (SSSR count). The molecule has 0 aliphatic heterocycles. The largest absolute Gasteiger partial charge is 0.483 e. The molecule has 9 heteroatoms. The van der Waals surface area contributed by atoms with Crippen LogP contribution in [0, 0.1) is 13.8 Å². The van der Waals surface area contributed by atoms with Gasteiger partial charge in [0, 0.05) is 22.3 Å². The lowest BCUT2D eigenvalue weighted by atomic mass is 10.1. The smallest absolute Gasteiger partial charge is 0.329 e. The van der Waals surface area contributed by atoms with Crippen LogP contribution in [-0.4, -0.2) is 37.1 Å². The molecule has 3 N–H and O–H groups in total. The number of hydrazone groups is 1. The number of nitrogens with zero attached hydrogens (tertiary/aromatic N) is 1. The van der Waals surface area contributed by atoms with Crippen molar-refractivity contribution in [3.63, 3.8) is 0 Å². The number of anilines is 1. The Morgan fingerprint density at radius 3 is 2.68 bits per heavy atom. The van der Waals surface area contributed by atoms with E-state index in [2.05, 4.69) is 43.7 Å². The molecule has 162 valence electrons. The van der Waals surface area contributed by atoms with Crippen molar-refractivity contribution in [2.24, 2.45) is 5.10 Å². The van der Waals surface area contributed by atoms with E-state index in [0.29, 0.717) is 11.3 Å². The average Bonchev–Trinajstić information content (AvgIpc) is 2.74. The second-order valence-electron chi connectivity index (χ2n) is 6.46. The number of hydrogen-bond donors (Lipinski definition) is 3. The normalized spacial score (nSPS) is 10.4. The molecule has 0 spiro atoms. The summed E-state index contributed by atoms with van der Waals surface area (Å²) in [7, 11) is 0. The minimum absolute atomic E-state index is 0.170. The highest BCUT2D eigenvalue weighted by molar-refractivity contribution is 9.10. The van der Waals surface area contributed by atoms with Crippen LogP contribution < -0.4 is 20.8 Å². The van der Waals surface area contributed by atoms with E-state index < -0.39 is 11.8 Å².